The zero-order chi connectivity index (χ0) is 15.2. The summed E-state index contributed by atoms with van der Waals surface area (Å²) in [7, 11) is 0. The molecular formula is C14H19BrN4O2. The first-order valence-corrected chi connectivity index (χ1v) is 7.63. The van der Waals surface area contributed by atoms with Crippen LogP contribution in [0.4, 0.5) is 0 Å². The Bertz CT molecular complexity index is 527. The summed E-state index contributed by atoms with van der Waals surface area (Å²) in [4.78, 5) is 14.3. The molecule has 2 rings (SSSR count). The predicted octanol–water partition coefficient (Wildman–Crippen LogP) is 1.39. The van der Waals surface area contributed by atoms with E-state index in [4.69, 9.17) is 10.9 Å². The van der Waals surface area contributed by atoms with Crippen LogP contribution in [0.2, 0.25) is 0 Å². The molecule has 0 unspecified atom stereocenters. The number of amidine groups is 1. The van der Waals surface area contributed by atoms with Gasteiger partial charge in [-0.25, -0.2) is 0 Å². The quantitative estimate of drug-likeness (QED) is 0.330. The van der Waals surface area contributed by atoms with Gasteiger partial charge in [-0.05, 0) is 31.0 Å². The van der Waals surface area contributed by atoms with Crippen molar-refractivity contribution < 1.29 is 10.0 Å². The molecule has 6 nitrogen and oxygen atoms in total. The molecule has 1 aromatic rings. The fraction of sp³-hybridized carbons (Fsp3) is 0.429. The first-order chi connectivity index (χ1) is 10.1. The Balaban J connectivity index is 1.82. The van der Waals surface area contributed by atoms with E-state index in [0.717, 1.165) is 30.4 Å². The first-order valence-electron chi connectivity index (χ1n) is 6.83. The lowest BCUT2D eigenvalue weighted by atomic mass is 10.0. The second-order valence-electron chi connectivity index (χ2n) is 5.13. The molecule has 0 atom stereocenters. The van der Waals surface area contributed by atoms with E-state index in [1.54, 1.807) is 6.07 Å². The number of nitrogens with one attached hydrogen (secondary N) is 1. The third-order valence-corrected chi connectivity index (χ3v) is 4.02. The predicted molar refractivity (Wildman–Crippen MR) is 84.5 cm³/mol. The molecule has 0 spiro atoms. The second-order valence-corrected chi connectivity index (χ2v) is 6.04. The van der Waals surface area contributed by atoms with Crippen LogP contribution in [0.1, 0.15) is 23.2 Å². The number of amides is 1. The van der Waals surface area contributed by atoms with E-state index in [-0.39, 0.29) is 17.8 Å². The van der Waals surface area contributed by atoms with Crippen LogP contribution in [-0.2, 0) is 0 Å². The second kappa shape index (κ2) is 7.42. The third-order valence-electron chi connectivity index (χ3n) is 3.52. The molecule has 1 saturated heterocycles. The van der Waals surface area contributed by atoms with Crippen molar-refractivity contribution in [2.75, 3.05) is 19.6 Å². The Morgan fingerprint density at radius 3 is 2.81 bits per heavy atom. The van der Waals surface area contributed by atoms with E-state index in [0.29, 0.717) is 12.1 Å². The molecule has 1 aromatic carbocycles. The van der Waals surface area contributed by atoms with Gasteiger partial charge in [0.25, 0.3) is 5.91 Å². The lowest BCUT2D eigenvalue weighted by Crippen LogP contribution is -2.46. The Morgan fingerprint density at radius 2 is 2.19 bits per heavy atom. The summed E-state index contributed by atoms with van der Waals surface area (Å²) < 4.78 is 0.892. The van der Waals surface area contributed by atoms with Crippen LogP contribution in [0, 0.1) is 0 Å². The third kappa shape index (κ3) is 4.71. The van der Waals surface area contributed by atoms with Crippen LogP contribution in [0.3, 0.4) is 0 Å². The van der Waals surface area contributed by atoms with E-state index in [9.17, 15) is 4.79 Å². The number of carbonyl (C=O) groups is 1. The number of halogens is 1. The van der Waals surface area contributed by atoms with Crippen molar-refractivity contribution in [2.45, 2.75) is 18.9 Å². The standard InChI is InChI=1S/C14H19BrN4O2/c15-11-3-1-2-10(8-11)14(20)17-12-4-6-19(7-5-12)9-13(16)18-21/h1-3,8,12,21H,4-7,9H2,(H2,16,18)(H,17,20). The number of nitrogens with zero attached hydrogens (tertiary/aromatic N) is 2. The van der Waals surface area contributed by atoms with Gasteiger partial charge in [0.2, 0.25) is 0 Å². The molecule has 114 valence electrons. The normalized spacial score (nSPS) is 17.7. The van der Waals surface area contributed by atoms with Gasteiger partial charge in [0, 0.05) is 29.2 Å². The van der Waals surface area contributed by atoms with Crippen LogP contribution in [0.25, 0.3) is 0 Å². The van der Waals surface area contributed by atoms with Crippen LogP contribution in [0.15, 0.2) is 33.9 Å². The molecule has 4 N–H and O–H groups in total. The first kappa shape index (κ1) is 15.8. The van der Waals surface area contributed by atoms with Crippen LogP contribution in [0.5, 0.6) is 0 Å². The largest absolute Gasteiger partial charge is 0.409 e. The van der Waals surface area contributed by atoms with Gasteiger partial charge in [-0.3, -0.25) is 9.69 Å². The summed E-state index contributed by atoms with van der Waals surface area (Å²) in [6.45, 7) is 2.10. The number of piperidine rings is 1. The average Bonchev–Trinajstić information content (AvgIpc) is 2.49. The number of hydrogen-bond acceptors (Lipinski definition) is 4. The molecule has 0 bridgehead atoms. The Labute approximate surface area is 132 Å². The number of oxime groups is 1. The van der Waals surface area contributed by atoms with E-state index >= 15 is 0 Å². The maximum Gasteiger partial charge on any atom is 0.251 e. The van der Waals surface area contributed by atoms with Gasteiger partial charge in [-0.15, -0.1) is 0 Å². The SMILES string of the molecule is NC(CN1CCC(NC(=O)c2cccc(Br)c2)CC1)=NO. The molecular weight excluding hydrogens is 336 g/mol. The summed E-state index contributed by atoms with van der Waals surface area (Å²) in [6, 6.07) is 7.51. The Hall–Kier alpha value is -1.60. The fourth-order valence-electron chi connectivity index (χ4n) is 2.39. The molecule has 7 heteroatoms. The lowest BCUT2D eigenvalue weighted by molar-refractivity contribution is 0.0914. The fourth-order valence-corrected chi connectivity index (χ4v) is 2.79. The molecule has 0 saturated carbocycles. The highest BCUT2D eigenvalue weighted by molar-refractivity contribution is 9.10. The van der Waals surface area contributed by atoms with Crippen molar-refractivity contribution >= 4 is 27.7 Å². The average molecular weight is 355 g/mol. The summed E-state index contributed by atoms with van der Waals surface area (Å²) in [6.07, 6.45) is 1.72. The molecule has 1 fully saturated rings. The zero-order valence-electron chi connectivity index (χ0n) is 11.6. The number of carbonyl (C=O) groups excluding carboxylic acids is 1. The molecule has 1 aliphatic rings. The molecule has 0 aromatic heterocycles. The summed E-state index contributed by atoms with van der Waals surface area (Å²) in [5.41, 5.74) is 6.15. The van der Waals surface area contributed by atoms with E-state index in [1.165, 1.54) is 0 Å². The van der Waals surface area contributed by atoms with E-state index < -0.39 is 0 Å². The lowest BCUT2D eigenvalue weighted by Gasteiger charge is -2.31. The number of likely N-dealkylation sites (tertiary alicyclic amines) is 1. The zero-order valence-corrected chi connectivity index (χ0v) is 13.2. The highest BCUT2D eigenvalue weighted by Gasteiger charge is 2.21. The number of benzene rings is 1. The number of rotatable bonds is 4. The van der Waals surface area contributed by atoms with Gasteiger partial charge in [-0.2, -0.15) is 0 Å². The summed E-state index contributed by atoms with van der Waals surface area (Å²) in [5, 5.41) is 14.6. The van der Waals surface area contributed by atoms with Gasteiger partial charge < -0.3 is 16.3 Å². The van der Waals surface area contributed by atoms with E-state index in [2.05, 4.69) is 31.3 Å². The maximum absolute atomic E-state index is 12.2. The maximum atomic E-state index is 12.2. The molecule has 1 aliphatic heterocycles. The minimum absolute atomic E-state index is 0.0498. The smallest absolute Gasteiger partial charge is 0.251 e. The minimum Gasteiger partial charge on any atom is -0.409 e. The molecule has 21 heavy (non-hydrogen) atoms. The van der Waals surface area contributed by atoms with Gasteiger partial charge in [-0.1, -0.05) is 27.2 Å². The van der Waals surface area contributed by atoms with Gasteiger partial charge >= 0.3 is 0 Å². The molecule has 0 aliphatic carbocycles. The van der Waals surface area contributed by atoms with Crippen LogP contribution < -0.4 is 11.1 Å². The van der Waals surface area contributed by atoms with Crippen molar-refractivity contribution in [3.63, 3.8) is 0 Å². The topological polar surface area (TPSA) is 91.0 Å². The minimum atomic E-state index is -0.0498. The highest BCUT2D eigenvalue weighted by atomic mass is 79.9. The van der Waals surface area contributed by atoms with Crippen molar-refractivity contribution in [3.05, 3.63) is 34.3 Å². The van der Waals surface area contributed by atoms with Crippen molar-refractivity contribution in [2.24, 2.45) is 10.9 Å². The summed E-state index contributed by atoms with van der Waals surface area (Å²) >= 11 is 3.36. The Kier molecular flexibility index (Phi) is 5.58. The summed E-state index contributed by atoms with van der Waals surface area (Å²) in [5.74, 6) is 0.165. The molecule has 1 heterocycles. The van der Waals surface area contributed by atoms with Gasteiger partial charge in [0.05, 0.1) is 6.54 Å². The van der Waals surface area contributed by atoms with E-state index in [1.807, 2.05) is 18.2 Å². The molecule has 0 radical (unpaired) electrons. The Morgan fingerprint density at radius 1 is 1.48 bits per heavy atom. The van der Waals surface area contributed by atoms with Crippen molar-refractivity contribution in [1.29, 1.82) is 0 Å². The van der Waals surface area contributed by atoms with Gasteiger partial charge in [0.15, 0.2) is 5.84 Å². The number of nitrogens with two attached hydrogens (primary N) is 1. The number of hydrogen-bond donors (Lipinski definition) is 3. The van der Waals surface area contributed by atoms with Crippen molar-refractivity contribution in [3.8, 4) is 0 Å². The van der Waals surface area contributed by atoms with Crippen LogP contribution >= 0.6 is 15.9 Å². The molecule has 1 amide bonds. The van der Waals surface area contributed by atoms with Gasteiger partial charge in [0.1, 0.15) is 0 Å². The highest BCUT2D eigenvalue weighted by Crippen LogP contribution is 2.14. The van der Waals surface area contributed by atoms with Crippen LogP contribution in [-0.4, -0.2) is 47.5 Å². The van der Waals surface area contributed by atoms with Crippen molar-refractivity contribution in [1.82, 2.24) is 10.2 Å². The monoisotopic (exact) mass is 354 g/mol.